The number of nitrogens with zero attached hydrogens (tertiary/aromatic N) is 1. The van der Waals surface area contributed by atoms with Crippen LogP contribution in [-0.4, -0.2) is 29.7 Å². The van der Waals surface area contributed by atoms with E-state index in [1.54, 1.807) is 6.07 Å². The molecule has 28 heavy (non-hydrogen) atoms. The number of hydrogen-bond acceptors (Lipinski definition) is 5. The molecule has 0 radical (unpaired) electrons. The second kappa shape index (κ2) is 7.67. The molecule has 146 valence electrons. The summed E-state index contributed by atoms with van der Waals surface area (Å²) in [5.41, 5.74) is 1.34. The first-order valence-electron chi connectivity index (χ1n) is 8.81. The normalized spacial score (nSPS) is 17.5. The zero-order valence-electron chi connectivity index (χ0n) is 14.8. The maximum absolute atomic E-state index is 13.4. The molecule has 0 bridgehead atoms. The van der Waals surface area contributed by atoms with Gasteiger partial charge in [0.2, 0.25) is 6.79 Å². The maximum atomic E-state index is 13.4. The van der Waals surface area contributed by atoms with Crippen LogP contribution in [0, 0.1) is 5.82 Å². The first kappa shape index (κ1) is 18.6. The Hall–Kier alpha value is -2.80. The van der Waals surface area contributed by atoms with Gasteiger partial charge in [-0.25, -0.2) is 4.39 Å². The van der Waals surface area contributed by atoms with Crippen molar-refractivity contribution in [3.8, 4) is 11.5 Å². The smallest absolute Gasteiger partial charge is 0.306 e. The summed E-state index contributed by atoms with van der Waals surface area (Å²) in [6.45, 7) is 0.452. The Morgan fingerprint density at radius 2 is 2.00 bits per heavy atom. The lowest BCUT2D eigenvalue weighted by atomic mass is 10.1. The fourth-order valence-corrected chi connectivity index (χ4v) is 3.52. The van der Waals surface area contributed by atoms with Crippen LogP contribution in [0.4, 0.5) is 4.39 Å². The quantitative estimate of drug-likeness (QED) is 0.713. The highest BCUT2D eigenvalue weighted by Crippen LogP contribution is 2.36. The highest BCUT2D eigenvalue weighted by atomic mass is 35.5. The minimum atomic E-state index is -0.833. The minimum absolute atomic E-state index is 0.115. The highest BCUT2D eigenvalue weighted by Gasteiger charge is 2.34. The van der Waals surface area contributed by atoms with E-state index in [0.717, 1.165) is 5.56 Å². The van der Waals surface area contributed by atoms with Gasteiger partial charge in [0.05, 0.1) is 0 Å². The van der Waals surface area contributed by atoms with Gasteiger partial charge in [-0.2, -0.15) is 0 Å². The van der Waals surface area contributed by atoms with E-state index in [4.69, 9.17) is 25.8 Å². The third-order valence-electron chi connectivity index (χ3n) is 4.69. The Morgan fingerprint density at radius 1 is 1.18 bits per heavy atom. The largest absolute Gasteiger partial charge is 0.454 e. The predicted molar refractivity (Wildman–Crippen MR) is 97.3 cm³/mol. The van der Waals surface area contributed by atoms with E-state index in [0.29, 0.717) is 23.5 Å². The van der Waals surface area contributed by atoms with Gasteiger partial charge in [-0.3, -0.25) is 9.59 Å². The Morgan fingerprint density at radius 3 is 2.75 bits per heavy atom. The van der Waals surface area contributed by atoms with Gasteiger partial charge in [-0.1, -0.05) is 29.8 Å². The minimum Gasteiger partial charge on any atom is -0.454 e. The number of fused-ring (bicyclic) bond motifs is 1. The number of hydrogen-bond donors (Lipinski definition) is 0. The standard InChI is InChI=1S/C20H17ClFNO5/c21-15-8-14(22)5-4-12(15)9-23(20(25)17-6-7-18(24)28-17)10-13-2-1-3-16-19(13)27-11-26-16/h1-5,8,17H,6-7,9-11H2/t17-/m1/s1. The summed E-state index contributed by atoms with van der Waals surface area (Å²) < 4.78 is 29.4. The van der Waals surface area contributed by atoms with Crippen molar-refractivity contribution in [2.75, 3.05) is 6.79 Å². The van der Waals surface area contributed by atoms with Crippen LogP contribution in [-0.2, 0) is 27.4 Å². The van der Waals surface area contributed by atoms with Gasteiger partial charge in [-0.05, 0) is 23.8 Å². The number of carbonyl (C=O) groups is 2. The Kier molecular flexibility index (Phi) is 5.09. The summed E-state index contributed by atoms with van der Waals surface area (Å²) in [6.07, 6.45) is -0.294. The first-order chi connectivity index (χ1) is 13.5. The van der Waals surface area contributed by atoms with Crippen molar-refractivity contribution in [1.82, 2.24) is 4.90 Å². The number of halogens is 2. The van der Waals surface area contributed by atoms with Crippen molar-refractivity contribution in [2.24, 2.45) is 0 Å². The molecule has 2 heterocycles. The van der Waals surface area contributed by atoms with Gasteiger partial charge in [0, 0.05) is 36.5 Å². The molecule has 2 aromatic carbocycles. The number of rotatable bonds is 5. The Labute approximate surface area is 165 Å². The van der Waals surface area contributed by atoms with Gasteiger partial charge in [0.25, 0.3) is 5.91 Å². The summed E-state index contributed by atoms with van der Waals surface area (Å²) in [5, 5.41) is 0.221. The summed E-state index contributed by atoms with van der Waals surface area (Å²) >= 11 is 6.15. The first-order valence-corrected chi connectivity index (χ1v) is 9.19. The average molecular weight is 406 g/mol. The number of para-hydroxylation sites is 1. The monoisotopic (exact) mass is 405 g/mol. The van der Waals surface area contributed by atoms with Crippen molar-refractivity contribution < 1.29 is 28.2 Å². The molecule has 1 fully saturated rings. The Bertz CT molecular complexity index is 935. The summed E-state index contributed by atoms with van der Waals surface area (Å²) in [7, 11) is 0. The molecular weight excluding hydrogens is 389 g/mol. The van der Waals surface area contributed by atoms with Gasteiger partial charge in [-0.15, -0.1) is 0 Å². The third kappa shape index (κ3) is 3.75. The van der Waals surface area contributed by atoms with Crippen LogP contribution in [0.5, 0.6) is 11.5 Å². The number of ether oxygens (including phenoxy) is 3. The second-order valence-electron chi connectivity index (χ2n) is 6.60. The zero-order valence-corrected chi connectivity index (χ0v) is 15.6. The lowest BCUT2D eigenvalue weighted by molar-refractivity contribution is -0.153. The van der Waals surface area contributed by atoms with E-state index in [1.165, 1.54) is 23.1 Å². The lowest BCUT2D eigenvalue weighted by Crippen LogP contribution is -2.38. The molecule has 0 aromatic heterocycles. The van der Waals surface area contributed by atoms with E-state index in [9.17, 15) is 14.0 Å². The fraction of sp³-hybridized carbons (Fsp3) is 0.300. The third-order valence-corrected chi connectivity index (χ3v) is 5.04. The van der Waals surface area contributed by atoms with Gasteiger partial charge < -0.3 is 19.1 Å². The van der Waals surface area contributed by atoms with Crippen molar-refractivity contribution in [1.29, 1.82) is 0 Å². The van der Waals surface area contributed by atoms with Crippen molar-refractivity contribution in [3.63, 3.8) is 0 Å². The number of carbonyl (C=O) groups excluding carboxylic acids is 2. The molecule has 8 heteroatoms. The van der Waals surface area contributed by atoms with E-state index in [1.807, 2.05) is 12.1 Å². The molecule has 1 saturated heterocycles. The molecule has 4 rings (SSSR count). The lowest BCUT2D eigenvalue weighted by Gasteiger charge is -2.26. The van der Waals surface area contributed by atoms with Gasteiger partial charge in [0.15, 0.2) is 17.6 Å². The number of benzene rings is 2. The van der Waals surface area contributed by atoms with Crippen LogP contribution in [0.15, 0.2) is 36.4 Å². The van der Waals surface area contributed by atoms with Crippen LogP contribution in [0.25, 0.3) is 0 Å². The molecule has 0 aliphatic carbocycles. The molecule has 1 atom stereocenters. The topological polar surface area (TPSA) is 65.1 Å². The molecule has 0 unspecified atom stereocenters. The molecule has 1 amide bonds. The molecule has 0 saturated carbocycles. The second-order valence-corrected chi connectivity index (χ2v) is 7.01. The van der Waals surface area contributed by atoms with Crippen molar-refractivity contribution in [2.45, 2.75) is 32.0 Å². The number of amides is 1. The fourth-order valence-electron chi connectivity index (χ4n) is 3.29. The molecule has 2 aliphatic heterocycles. The van der Waals surface area contributed by atoms with E-state index in [2.05, 4.69) is 0 Å². The molecule has 0 N–H and O–H groups in total. The SMILES string of the molecule is O=C1CC[C@H](C(=O)N(Cc2ccc(F)cc2Cl)Cc2cccc3c2OCO3)O1. The van der Waals surface area contributed by atoms with Crippen molar-refractivity contribution in [3.05, 3.63) is 58.4 Å². The van der Waals surface area contributed by atoms with Crippen LogP contribution in [0.2, 0.25) is 5.02 Å². The maximum Gasteiger partial charge on any atom is 0.306 e. The number of esters is 1. The van der Waals surface area contributed by atoms with Gasteiger partial charge >= 0.3 is 5.97 Å². The molecule has 2 aliphatic rings. The molecule has 2 aromatic rings. The van der Waals surface area contributed by atoms with Crippen molar-refractivity contribution >= 4 is 23.5 Å². The predicted octanol–water partition coefficient (Wildman–Crippen LogP) is 3.44. The summed E-state index contributed by atoms with van der Waals surface area (Å²) in [6, 6.07) is 9.46. The highest BCUT2D eigenvalue weighted by molar-refractivity contribution is 6.31. The van der Waals surface area contributed by atoms with Crippen LogP contribution in [0.1, 0.15) is 24.0 Å². The zero-order chi connectivity index (χ0) is 19.7. The molecular formula is C20H17ClFNO5. The molecule has 6 nitrogen and oxygen atoms in total. The summed E-state index contributed by atoms with van der Waals surface area (Å²) in [5.74, 6) is 0.00640. The molecule has 0 spiro atoms. The van der Waals surface area contributed by atoms with Crippen LogP contribution >= 0.6 is 11.6 Å². The number of cyclic esters (lactones) is 1. The van der Waals surface area contributed by atoms with E-state index >= 15 is 0 Å². The Balaban J connectivity index is 1.62. The average Bonchev–Trinajstić information content (AvgIpc) is 3.32. The van der Waals surface area contributed by atoms with E-state index < -0.39 is 17.9 Å². The van der Waals surface area contributed by atoms with Gasteiger partial charge in [0.1, 0.15) is 5.82 Å². The van der Waals surface area contributed by atoms with Crippen LogP contribution in [0.3, 0.4) is 0 Å². The van der Waals surface area contributed by atoms with Crippen LogP contribution < -0.4 is 9.47 Å². The van der Waals surface area contributed by atoms with E-state index in [-0.39, 0.29) is 37.2 Å². The summed E-state index contributed by atoms with van der Waals surface area (Å²) in [4.78, 5) is 26.0.